The molecule has 0 N–H and O–H groups in total. The van der Waals surface area contributed by atoms with Crippen LogP contribution in [0, 0.1) is 0 Å². The van der Waals surface area contributed by atoms with Gasteiger partial charge in [0.15, 0.2) is 0 Å². The Morgan fingerprint density at radius 2 is 2.12 bits per heavy atom. The van der Waals surface area contributed by atoms with Crippen LogP contribution in [0.2, 0.25) is 0 Å². The molecule has 1 aromatic heterocycles. The Balaban J connectivity index is 1.47. The van der Waals surface area contributed by atoms with E-state index in [0.717, 1.165) is 70.3 Å². The van der Waals surface area contributed by atoms with Crippen LogP contribution in [0.4, 0.5) is 0 Å². The van der Waals surface area contributed by atoms with Crippen LogP contribution in [-0.2, 0) is 11.3 Å². The van der Waals surface area contributed by atoms with E-state index in [0.29, 0.717) is 6.04 Å². The van der Waals surface area contributed by atoms with Crippen molar-refractivity contribution < 1.29 is 9.47 Å². The molecule has 0 bridgehead atoms. The van der Waals surface area contributed by atoms with Gasteiger partial charge in [-0.1, -0.05) is 0 Å². The SMILES string of the molecule is CC(CN1CCOCC1)N1CCC(Oc2ccnc(CN(C)C)c2)C1. The van der Waals surface area contributed by atoms with Gasteiger partial charge in [0.2, 0.25) is 0 Å². The average molecular weight is 348 g/mol. The van der Waals surface area contributed by atoms with E-state index in [1.165, 1.54) is 0 Å². The highest BCUT2D eigenvalue weighted by Gasteiger charge is 2.28. The summed E-state index contributed by atoms with van der Waals surface area (Å²) >= 11 is 0. The van der Waals surface area contributed by atoms with E-state index in [1.807, 2.05) is 12.3 Å². The summed E-state index contributed by atoms with van der Waals surface area (Å²) in [4.78, 5) is 11.6. The summed E-state index contributed by atoms with van der Waals surface area (Å²) in [7, 11) is 4.11. The minimum absolute atomic E-state index is 0.279. The standard InChI is InChI=1S/C19H32N4O2/c1-16(13-22-8-10-24-11-9-22)23-7-5-19(15-23)25-18-4-6-20-17(12-18)14-21(2)3/h4,6,12,16,19H,5,7-11,13-15H2,1-3H3. The summed E-state index contributed by atoms with van der Waals surface area (Å²) in [6, 6.07) is 4.60. The lowest BCUT2D eigenvalue weighted by Crippen LogP contribution is -2.45. The molecule has 1 aromatic rings. The zero-order chi connectivity index (χ0) is 17.6. The van der Waals surface area contributed by atoms with Crippen molar-refractivity contribution in [1.82, 2.24) is 19.7 Å². The lowest BCUT2D eigenvalue weighted by Gasteiger charge is -2.33. The Labute approximate surface area is 151 Å². The van der Waals surface area contributed by atoms with Crippen molar-refractivity contribution >= 4 is 0 Å². The maximum Gasteiger partial charge on any atom is 0.123 e. The number of hydrogen-bond donors (Lipinski definition) is 0. The van der Waals surface area contributed by atoms with Gasteiger partial charge in [0.25, 0.3) is 0 Å². The van der Waals surface area contributed by atoms with Crippen molar-refractivity contribution in [2.45, 2.75) is 32.0 Å². The molecule has 0 aromatic carbocycles. The molecule has 2 aliphatic heterocycles. The molecule has 0 saturated carbocycles. The molecule has 25 heavy (non-hydrogen) atoms. The van der Waals surface area contributed by atoms with Crippen LogP contribution in [-0.4, -0.2) is 91.9 Å². The third-order valence-electron chi connectivity index (χ3n) is 4.99. The number of pyridine rings is 1. The van der Waals surface area contributed by atoms with E-state index in [1.54, 1.807) is 0 Å². The molecule has 2 atom stereocenters. The van der Waals surface area contributed by atoms with E-state index in [9.17, 15) is 0 Å². The summed E-state index contributed by atoms with van der Waals surface area (Å²) in [6.07, 6.45) is 3.22. The Morgan fingerprint density at radius 3 is 2.88 bits per heavy atom. The zero-order valence-electron chi connectivity index (χ0n) is 15.9. The average Bonchev–Trinajstić information content (AvgIpc) is 3.04. The minimum atomic E-state index is 0.279. The molecule has 0 radical (unpaired) electrons. The molecule has 2 saturated heterocycles. The first kappa shape index (κ1) is 18.6. The Hall–Kier alpha value is -1.21. The molecule has 0 amide bonds. The highest BCUT2D eigenvalue weighted by atomic mass is 16.5. The van der Waals surface area contributed by atoms with Gasteiger partial charge in [-0.15, -0.1) is 0 Å². The first-order valence-corrected chi connectivity index (χ1v) is 9.40. The van der Waals surface area contributed by atoms with Gasteiger partial charge in [-0.05, 0) is 33.5 Å². The van der Waals surface area contributed by atoms with Gasteiger partial charge in [0.05, 0.1) is 18.9 Å². The van der Waals surface area contributed by atoms with Crippen LogP contribution < -0.4 is 4.74 Å². The van der Waals surface area contributed by atoms with Gasteiger partial charge in [0, 0.05) is 57.6 Å². The topological polar surface area (TPSA) is 41.1 Å². The number of likely N-dealkylation sites (tertiary alicyclic amines) is 1. The van der Waals surface area contributed by atoms with E-state index < -0.39 is 0 Å². The minimum Gasteiger partial charge on any atom is -0.489 e. The second kappa shape index (κ2) is 8.94. The maximum atomic E-state index is 6.23. The smallest absolute Gasteiger partial charge is 0.123 e. The van der Waals surface area contributed by atoms with Gasteiger partial charge in [0.1, 0.15) is 11.9 Å². The molecule has 140 valence electrons. The Morgan fingerprint density at radius 1 is 1.32 bits per heavy atom. The quantitative estimate of drug-likeness (QED) is 0.740. The molecule has 3 heterocycles. The highest BCUT2D eigenvalue weighted by Crippen LogP contribution is 2.21. The van der Waals surface area contributed by atoms with Crippen molar-refractivity contribution in [3.63, 3.8) is 0 Å². The molecule has 2 unspecified atom stereocenters. The lowest BCUT2D eigenvalue weighted by molar-refractivity contribution is 0.0258. The Kier molecular flexibility index (Phi) is 6.64. The predicted molar refractivity (Wildman–Crippen MR) is 99.0 cm³/mol. The van der Waals surface area contributed by atoms with Gasteiger partial charge >= 0.3 is 0 Å². The molecule has 0 spiro atoms. The largest absolute Gasteiger partial charge is 0.489 e. The van der Waals surface area contributed by atoms with Crippen molar-refractivity contribution in [2.24, 2.45) is 0 Å². The predicted octanol–water partition coefficient (Wildman–Crippen LogP) is 1.32. The van der Waals surface area contributed by atoms with Gasteiger partial charge < -0.3 is 14.4 Å². The molecule has 2 aliphatic rings. The van der Waals surface area contributed by atoms with Crippen LogP contribution in [0.15, 0.2) is 18.3 Å². The van der Waals surface area contributed by atoms with E-state index in [2.05, 4.69) is 46.8 Å². The van der Waals surface area contributed by atoms with Crippen LogP contribution in [0.5, 0.6) is 5.75 Å². The fourth-order valence-corrected chi connectivity index (χ4v) is 3.66. The number of hydrogen-bond acceptors (Lipinski definition) is 6. The Bertz CT molecular complexity index is 534. The van der Waals surface area contributed by atoms with E-state index in [4.69, 9.17) is 9.47 Å². The second-order valence-electron chi connectivity index (χ2n) is 7.51. The number of morpholine rings is 1. The van der Waals surface area contributed by atoms with Gasteiger partial charge in [-0.3, -0.25) is 14.8 Å². The molecular formula is C19H32N4O2. The van der Waals surface area contributed by atoms with Crippen molar-refractivity contribution in [3.8, 4) is 5.75 Å². The molecule has 0 aliphatic carbocycles. The third-order valence-corrected chi connectivity index (χ3v) is 4.99. The summed E-state index contributed by atoms with van der Waals surface area (Å²) in [6.45, 7) is 10.3. The van der Waals surface area contributed by atoms with E-state index in [-0.39, 0.29) is 6.10 Å². The lowest BCUT2D eigenvalue weighted by atomic mass is 10.2. The summed E-state index contributed by atoms with van der Waals surface area (Å²) < 4.78 is 11.7. The normalized spacial score (nSPS) is 23.9. The highest BCUT2D eigenvalue weighted by molar-refractivity contribution is 5.23. The number of ether oxygens (including phenoxy) is 2. The fourth-order valence-electron chi connectivity index (χ4n) is 3.66. The first-order chi connectivity index (χ1) is 12.1. The molecule has 6 heteroatoms. The molecule has 6 nitrogen and oxygen atoms in total. The third kappa shape index (κ3) is 5.64. The fraction of sp³-hybridized carbons (Fsp3) is 0.737. The van der Waals surface area contributed by atoms with Crippen molar-refractivity contribution in [3.05, 3.63) is 24.0 Å². The van der Waals surface area contributed by atoms with Crippen LogP contribution in [0.25, 0.3) is 0 Å². The number of aromatic nitrogens is 1. The molecule has 2 fully saturated rings. The van der Waals surface area contributed by atoms with Crippen LogP contribution in [0.3, 0.4) is 0 Å². The van der Waals surface area contributed by atoms with Crippen LogP contribution >= 0.6 is 0 Å². The maximum absolute atomic E-state index is 6.23. The van der Waals surface area contributed by atoms with Crippen LogP contribution in [0.1, 0.15) is 19.0 Å². The zero-order valence-corrected chi connectivity index (χ0v) is 15.9. The van der Waals surface area contributed by atoms with Gasteiger partial charge in [-0.2, -0.15) is 0 Å². The molecule has 3 rings (SSSR count). The first-order valence-electron chi connectivity index (χ1n) is 9.40. The summed E-state index contributed by atoms with van der Waals surface area (Å²) in [5.74, 6) is 0.944. The van der Waals surface area contributed by atoms with Crippen molar-refractivity contribution in [1.29, 1.82) is 0 Å². The summed E-state index contributed by atoms with van der Waals surface area (Å²) in [5.41, 5.74) is 1.05. The monoisotopic (exact) mass is 348 g/mol. The van der Waals surface area contributed by atoms with Crippen molar-refractivity contribution in [2.75, 3.05) is 60.0 Å². The molecular weight excluding hydrogens is 316 g/mol. The van der Waals surface area contributed by atoms with E-state index >= 15 is 0 Å². The van der Waals surface area contributed by atoms with Gasteiger partial charge in [-0.25, -0.2) is 0 Å². The second-order valence-corrected chi connectivity index (χ2v) is 7.51. The summed E-state index contributed by atoms with van der Waals surface area (Å²) in [5, 5.41) is 0. The number of rotatable bonds is 7. The number of nitrogens with zero attached hydrogens (tertiary/aromatic N) is 4.